The van der Waals surface area contributed by atoms with Crippen LogP contribution in [-0.2, 0) is 0 Å². The second-order valence-corrected chi connectivity index (χ2v) is 2.68. The molecule has 0 unspecified atom stereocenters. The molecule has 14 heavy (non-hydrogen) atoms. The average Bonchev–Trinajstić information content (AvgIpc) is 2.19. The minimum absolute atomic E-state index is 0.444. The Labute approximate surface area is 78.6 Å². The van der Waals surface area contributed by atoms with E-state index in [9.17, 15) is 9.59 Å². The number of hydrogen-bond donors (Lipinski definition) is 1. The minimum Gasteiger partial charge on any atom is -0.267 e. The Kier molecular flexibility index (Phi) is 1.98. The molecule has 0 spiro atoms. The lowest BCUT2D eigenvalue weighted by atomic mass is 10.3. The van der Waals surface area contributed by atoms with Crippen molar-refractivity contribution < 1.29 is 0 Å². The van der Waals surface area contributed by atoms with Crippen LogP contribution in [0.25, 0.3) is 5.69 Å². The summed E-state index contributed by atoms with van der Waals surface area (Å²) in [5.41, 5.74) is -0.454. The Balaban J connectivity index is 2.76. The standard InChI is InChI=1S/C9H7N3O2/c13-8-6-10-11-9(14)12(8)7-4-2-1-3-5-7/h1-6H,(H,11,14). The highest BCUT2D eigenvalue weighted by molar-refractivity contribution is 5.30. The molecule has 1 aromatic heterocycles. The van der Waals surface area contributed by atoms with Crippen molar-refractivity contribution in [2.75, 3.05) is 0 Å². The number of nitrogens with one attached hydrogen (secondary N) is 1. The van der Waals surface area contributed by atoms with E-state index in [4.69, 9.17) is 0 Å². The molecule has 0 aliphatic carbocycles. The molecule has 0 fully saturated rings. The van der Waals surface area contributed by atoms with E-state index < -0.39 is 11.2 Å². The first-order valence-electron chi connectivity index (χ1n) is 4.01. The maximum Gasteiger partial charge on any atom is 0.349 e. The maximum atomic E-state index is 11.3. The van der Waals surface area contributed by atoms with Crippen LogP contribution in [0, 0.1) is 0 Å². The zero-order valence-corrected chi connectivity index (χ0v) is 7.18. The first-order chi connectivity index (χ1) is 6.79. The molecule has 5 nitrogen and oxygen atoms in total. The third kappa shape index (κ3) is 1.35. The molecule has 1 heterocycles. The highest BCUT2D eigenvalue weighted by Crippen LogP contribution is 1.99. The predicted molar refractivity (Wildman–Crippen MR) is 50.5 cm³/mol. The van der Waals surface area contributed by atoms with Gasteiger partial charge in [0, 0.05) is 0 Å². The molecule has 70 valence electrons. The van der Waals surface area contributed by atoms with Crippen LogP contribution in [0.4, 0.5) is 0 Å². The van der Waals surface area contributed by atoms with Crippen molar-refractivity contribution in [2.45, 2.75) is 0 Å². The van der Waals surface area contributed by atoms with Gasteiger partial charge in [-0.1, -0.05) is 18.2 Å². The number of aromatic amines is 1. The average molecular weight is 189 g/mol. The molecule has 2 rings (SSSR count). The van der Waals surface area contributed by atoms with Crippen molar-refractivity contribution in [1.29, 1.82) is 0 Å². The molecular weight excluding hydrogens is 182 g/mol. The molecule has 0 aliphatic rings. The molecule has 0 radical (unpaired) electrons. The number of benzene rings is 1. The van der Waals surface area contributed by atoms with E-state index in [1.807, 2.05) is 6.07 Å². The topological polar surface area (TPSA) is 67.8 Å². The predicted octanol–water partition coefficient (Wildman–Crippen LogP) is -0.0792. The van der Waals surface area contributed by atoms with Crippen LogP contribution in [0.1, 0.15) is 0 Å². The summed E-state index contributed by atoms with van der Waals surface area (Å²) in [7, 11) is 0. The van der Waals surface area contributed by atoms with Gasteiger partial charge in [-0.3, -0.25) is 4.79 Å². The minimum atomic E-state index is -0.538. The molecule has 1 aromatic carbocycles. The lowest BCUT2D eigenvalue weighted by Gasteiger charge is -2.01. The van der Waals surface area contributed by atoms with E-state index in [1.165, 1.54) is 0 Å². The largest absolute Gasteiger partial charge is 0.349 e. The fourth-order valence-electron chi connectivity index (χ4n) is 1.17. The number of para-hydroxylation sites is 1. The summed E-state index contributed by atoms with van der Waals surface area (Å²) in [6, 6.07) is 8.67. The van der Waals surface area contributed by atoms with Crippen molar-refractivity contribution >= 4 is 0 Å². The van der Waals surface area contributed by atoms with Gasteiger partial charge in [-0.15, -0.1) is 0 Å². The number of rotatable bonds is 1. The summed E-state index contributed by atoms with van der Waals surface area (Å²) in [5.74, 6) is 0. The Morgan fingerprint density at radius 1 is 1.14 bits per heavy atom. The quantitative estimate of drug-likeness (QED) is 0.682. The Morgan fingerprint density at radius 3 is 2.50 bits per heavy atom. The van der Waals surface area contributed by atoms with Crippen LogP contribution in [0.5, 0.6) is 0 Å². The molecule has 0 atom stereocenters. The monoisotopic (exact) mass is 189 g/mol. The van der Waals surface area contributed by atoms with Crippen molar-refractivity contribution in [2.24, 2.45) is 0 Å². The number of H-pyrrole nitrogens is 1. The third-order valence-electron chi connectivity index (χ3n) is 1.77. The molecule has 0 saturated carbocycles. The Hall–Kier alpha value is -2.17. The smallest absolute Gasteiger partial charge is 0.267 e. The van der Waals surface area contributed by atoms with Crippen LogP contribution in [0.3, 0.4) is 0 Å². The molecule has 0 bridgehead atoms. The van der Waals surface area contributed by atoms with Gasteiger partial charge in [0.15, 0.2) is 0 Å². The van der Waals surface area contributed by atoms with Gasteiger partial charge >= 0.3 is 5.69 Å². The van der Waals surface area contributed by atoms with Crippen LogP contribution < -0.4 is 11.2 Å². The summed E-state index contributed by atoms with van der Waals surface area (Å²) in [6.07, 6.45) is 1.06. The zero-order valence-electron chi connectivity index (χ0n) is 7.18. The SMILES string of the molecule is O=c1cn[nH]c(=O)n1-c1ccccc1. The number of aromatic nitrogens is 3. The van der Waals surface area contributed by atoms with Crippen molar-refractivity contribution in [1.82, 2.24) is 14.8 Å². The molecule has 1 N–H and O–H groups in total. The lowest BCUT2D eigenvalue weighted by Crippen LogP contribution is -2.33. The Morgan fingerprint density at radius 2 is 1.86 bits per heavy atom. The molecule has 0 aliphatic heterocycles. The molecule has 5 heteroatoms. The summed E-state index contributed by atoms with van der Waals surface area (Å²) < 4.78 is 1.02. The second-order valence-electron chi connectivity index (χ2n) is 2.68. The summed E-state index contributed by atoms with van der Waals surface area (Å²) in [5, 5.41) is 5.60. The first-order valence-corrected chi connectivity index (χ1v) is 4.01. The van der Waals surface area contributed by atoms with Gasteiger partial charge < -0.3 is 0 Å². The van der Waals surface area contributed by atoms with Gasteiger partial charge in [0.25, 0.3) is 5.56 Å². The van der Waals surface area contributed by atoms with Crippen LogP contribution >= 0.6 is 0 Å². The van der Waals surface area contributed by atoms with Crippen LogP contribution in [0.15, 0.2) is 46.1 Å². The van der Waals surface area contributed by atoms with E-state index in [0.29, 0.717) is 5.69 Å². The van der Waals surface area contributed by atoms with Crippen LogP contribution in [-0.4, -0.2) is 14.8 Å². The number of hydrogen-bond acceptors (Lipinski definition) is 3. The maximum absolute atomic E-state index is 11.3. The van der Waals surface area contributed by atoms with E-state index in [2.05, 4.69) is 10.2 Å². The van der Waals surface area contributed by atoms with E-state index >= 15 is 0 Å². The highest BCUT2D eigenvalue weighted by Gasteiger charge is 2.01. The van der Waals surface area contributed by atoms with Crippen molar-refractivity contribution in [3.8, 4) is 5.69 Å². The van der Waals surface area contributed by atoms with Gasteiger partial charge in [0.1, 0.15) is 6.20 Å². The summed E-state index contributed by atoms with van der Waals surface area (Å²) >= 11 is 0. The van der Waals surface area contributed by atoms with Gasteiger partial charge in [0.05, 0.1) is 5.69 Å². The fourth-order valence-corrected chi connectivity index (χ4v) is 1.17. The van der Waals surface area contributed by atoms with Crippen molar-refractivity contribution in [3.63, 3.8) is 0 Å². The summed E-state index contributed by atoms with van der Waals surface area (Å²) in [4.78, 5) is 22.6. The highest BCUT2D eigenvalue weighted by atomic mass is 16.2. The second kappa shape index (κ2) is 3.29. The van der Waals surface area contributed by atoms with Gasteiger partial charge in [-0.25, -0.2) is 14.5 Å². The molecule has 0 saturated heterocycles. The third-order valence-corrected chi connectivity index (χ3v) is 1.77. The van der Waals surface area contributed by atoms with E-state index in [1.54, 1.807) is 24.3 Å². The van der Waals surface area contributed by atoms with E-state index in [-0.39, 0.29) is 0 Å². The Bertz CT molecular complexity index is 513. The fraction of sp³-hybridized carbons (Fsp3) is 0. The zero-order chi connectivity index (χ0) is 9.97. The van der Waals surface area contributed by atoms with Gasteiger partial charge in [-0.2, -0.15) is 5.10 Å². The molecule has 2 aromatic rings. The molecular formula is C9H7N3O2. The molecule has 0 amide bonds. The van der Waals surface area contributed by atoms with Gasteiger partial charge in [-0.05, 0) is 12.1 Å². The summed E-state index contributed by atoms with van der Waals surface area (Å²) in [6.45, 7) is 0. The van der Waals surface area contributed by atoms with E-state index in [0.717, 1.165) is 10.8 Å². The van der Waals surface area contributed by atoms with Gasteiger partial charge in [0.2, 0.25) is 0 Å². The first kappa shape index (κ1) is 8.43. The normalized spacial score (nSPS) is 10.0. The number of nitrogens with zero attached hydrogens (tertiary/aromatic N) is 2. The lowest BCUT2D eigenvalue weighted by molar-refractivity contribution is 0.798. The van der Waals surface area contributed by atoms with Crippen molar-refractivity contribution in [3.05, 3.63) is 57.4 Å². The van der Waals surface area contributed by atoms with Crippen LogP contribution in [0.2, 0.25) is 0 Å².